The van der Waals surface area contributed by atoms with E-state index in [0.717, 1.165) is 79.4 Å². The zero-order valence-electron chi connectivity index (χ0n) is 24.7. The van der Waals surface area contributed by atoms with Crippen molar-refractivity contribution in [1.82, 2.24) is 14.9 Å². The number of nitrogens with two attached hydrogens (primary N) is 1. The highest BCUT2D eigenvalue weighted by atomic mass is 32.2. The lowest BCUT2D eigenvalue weighted by atomic mass is 9.88. The van der Waals surface area contributed by atoms with Crippen LogP contribution in [0.15, 0.2) is 77.7 Å². The number of amidine groups is 1. The number of benzene rings is 3. The Morgan fingerprint density at radius 2 is 1.81 bits per heavy atom. The number of piperidine rings is 1. The fourth-order valence-electron chi connectivity index (χ4n) is 5.75. The SMILES string of the molecule is CNC(C=O)CCCC1CCN(CC(C=O)(Cc2cccc(C(=N)N)c2)NSc2cccc(-c3cccc(F)c3)c2)CC1. The summed E-state index contributed by atoms with van der Waals surface area (Å²) in [5.41, 5.74) is 8.10. The Bertz CT molecular complexity index is 1380. The van der Waals surface area contributed by atoms with Gasteiger partial charge in [-0.15, -0.1) is 0 Å². The quantitative estimate of drug-likeness (QED) is 0.0769. The van der Waals surface area contributed by atoms with E-state index >= 15 is 0 Å². The minimum absolute atomic E-state index is 0.00805. The first-order valence-electron chi connectivity index (χ1n) is 14.9. The molecule has 1 heterocycles. The summed E-state index contributed by atoms with van der Waals surface area (Å²) in [6.07, 6.45) is 7.53. The Morgan fingerprint density at radius 3 is 2.49 bits per heavy atom. The summed E-state index contributed by atoms with van der Waals surface area (Å²) < 4.78 is 17.4. The van der Waals surface area contributed by atoms with Crippen molar-refractivity contribution in [3.05, 3.63) is 89.7 Å². The first-order valence-corrected chi connectivity index (χ1v) is 15.7. The largest absolute Gasteiger partial charge is 0.384 e. The highest BCUT2D eigenvalue weighted by Crippen LogP contribution is 2.29. The van der Waals surface area contributed by atoms with E-state index in [4.69, 9.17) is 11.1 Å². The lowest BCUT2D eigenvalue weighted by Crippen LogP contribution is -2.55. The lowest BCUT2D eigenvalue weighted by molar-refractivity contribution is -0.113. The van der Waals surface area contributed by atoms with Crippen LogP contribution in [-0.4, -0.2) is 61.6 Å². The molecule has 1 aliphatic rings. The van der Waals surface area contributed by atoms with Gasteiger partial charge in [-0.3, -0.25) is 5.41 Å². The molecule has 0 spiro atoms. The second kappa shape index (κ2) is 15.9. The Balaban J connectivity index is 1.47. The van der Waals surface area contributed by atoms with Gasteiger partial charge >= 0.3 is 0 Å². The molecule has 3 aromatic rings. The maximum absolute atomic E-state index is 13.9. The minimum atomic E-state index is -0.897. The third-order valence-electron chi connectivity index (χ3n) is 8.22. The van der Waals surface area contributed by atoms with Gasteiger partial charge in [0.1, 0.15) is 29.8 Å². The Kier molecular flexibility index (Phi) is 12.0. The van der Waals surface area contributed by atoms with Crippen LogP contribution >= 0.6 is 11.9 Å². The van der Waals surface area contributed by atoms with E-state index in [1.54, 1.807) is 12.1 Å². The van der Waals surface area contributed by atoms with Gasteiger partial charge in [0.15, 0.2) is 0 Å². The van der Waals surface area contributed by atoms with E-state index in [9.17, 15) is 14.0 Å². The predicted molar refractivity (Wildman–Crippen MR) is 173 cm³/mol. The fraction of sp³-hybridized carbons (Fsp3) is 0.382. The first-order chi connectivity index (χ1) is 20.8. The molecule has 5 N–H and O–H groups in total. The van der Waals surface area contributed by atoms with Crippen LogP contribution in [0.25, 0.3) is 11.1 Å². The molecule has 0 aromatic heterocycles. The summed E-state index contributed by atoms with van der Waals surface area (Å²) >= 11 is 1.40. The average Bonchev–Trinajstić information content (AvgIpc) is 3.03. The molecule has 0 aliphatic carbocycles. The second-order valence-corrected chi connectivity index (χ2v) is 12.4. The number of carbonyl (C=O) groups excluding carboxylic acids is 2. The van der Waals surface area contributed by atoms with Crippen molar-refractivity contribution in [2.45, 2.75) is 55.0 Å². The van der Waals surface area contributed by atoms with Crippen LogP contribution < -0.4 is 15.8 Å². The molecule has 7 nitrogen and oxygen atoms in total. The van der Waals surface area contributed by atoms with Gasteiger partial charge in [-0.2, -0.15) is 0 Å². The number of halogens is 1. The summed E-state index contributed by atoms with van der Waals surface area (Å²) in [6.45, 7) is 2.34. The molecular formula is C34H42FN5O2S. The van der Waals surface area contributed by atoms with E-state index in [1.165, 1.54) is 24.1 Å². The van der Waals surface area contributed by atoms with Crippen molar-refractivity contribution >= 4 is 30.4 Å². The smallest absolute Gasteiger partial charge is 0.142 e. The van der Waals surface area contributed by atoms with E-state index < -0.39 is 5.54 Å². The third kappa shape index (κ3) is 9.56. The number of rotatable bonds is 16. The maximum Gasteiger partial charge on any atom is 0.142 e. The van der Waals surface area contributed by atoms with Crippen molar-refractivity contribution in [3.8, 4) is 11.1 Å². The minimum Gasteiger partial charge on any atom is -0.384 e. The summed E-state index contributed by atoms with van der Waals surface area (Å²) in [5, 5.41) is 10.9. The van der Waals surface area contributed by atoms with Gasteiger partial charge in [0, 0.05) is 17.0 Å². The van der Waals surface area contributed by atoms with Crippen molar-refractivity contribution in [2.24, 2.45) is 11.7 Å². The zero-order chi connectivity index (χ0) is 30.7. The third-order valence-corrected chi connectivity index (χ3v) is 9.22. The summed E-state index contributed by atoms with van der Waals surface area (Å²) in [6, 6.07) is 21.8. The van der Waals surface area contributed by atoms with E-state index in [1.807, 2.05) is 55.6 Å². The number of nitrogens with zero attached hydrogens (tertiary/aromatic N) is 1. The molecule has 0 amide bonds. The molecule has 0 radical (unpaired) electrons. The van der Waals surface area contributed by atoms with Crippen molar-refractivity contribution in [2.75, 3.05) is 26.7 Å². The number of aldehydes is 2. The monoisotopic (exact) mass is 603 g/mol. The topological polar surface area (TPSA) is 111 Å². The van der Waals surface area contributed by atoms with Crippen molar-refractivity contribution in [3.63, 3.8) is 0 Å². The van der Waals surface area contributed by atoms with Crippen LogP contribution in [0, 0.1) is 17.1 Å². The van der Waals surface area contributed by atoms with Crippen LogP contribution in [0.3, 0.4) is 0 Å². The number of hydrogen-bond donors (Lipinski definition) is 4. The molecule has 2 atom stereocenters. The molecule has 2 unspecified atom stereocenters. The molecule has 0 bridgehead atoms. The molecule has 1 aliphatic heterocycles. The lowest BCUT2D eigenvalue weighted by Gasteiger charge is -2.39. The summed E-state index contributed by atoms with van der Waals surface area (Å²) in [5.74, 6) is 0.325. The van der Waals surface area contributed by atoms with Gasteiger partial charge < -0.3 is 25.5 Å². The fourth-order valence-corrected chi connectivity index (χ4v) is 6.59. The molecule has 228 valence electrons. The molecule has 0 saturated carbocycles. The maximum atomic E-state index is 13.9. The van der Waals surface area contributed by atoms with Gasteiger partial charge in [0.2, 0.25) is 0 Å². The van der Waals surface area contributed by atoms with Gasteiger partial charge in [-0.1, -0.05) is 55.3 Å². The highest BCUT2D eigenvalue weighted by molar-refractivity contribution is 7.97. The van der Waals surface area contributed by atoms with Gasteiger partial charge in [-0.05, 0) is 111 Å². The normalized spacial score (nSPS) is 16.3. The van der Waals surface area contributed by atoms with Gasteiger partial charge in [0.25, 0.3) is 0 Å². The van der Waals surface area contributed by atoms with Crippen LogP contribution in [0.5, 0.6) is 0 Å². The van der Waals surface area contributed by atoms with Crippen LogP contribution in [0.4, 0.5) is 4.39 Å². The molecular weight excluding hydrogens is 561 g/mol. The van der Waals surface area contributed by atoms with Crippen molar-refractivity contribution in [1.29, 1.82) is 5.41 Å². The van der Waals surface area contributed by atoms with E-state index in [2.05, 4.69) is 14.9 Å². The van der Waals surface area contributed by atoms with Crippen LogP contribution in [0.1, 0.15) is 43.2 Å². The molecule has 1 fully saturated rings. The predicted octanol–water partition coefficient (Wildman–Crippen LogP) is 5.22. The van der Waals surface area contributed by atoms with Crippen LogP contribution in [-0.2, 0) is 16.0 Å². The van der Waals surface area contributed by atoms with Crippen molar-refractivity contribution < 1.29 is 14.0 Å². The summed E-state index contributed by atoms with van der Waals surface area (Å²) in [4.78, 5) is 27.3. The number of likely N-dealkylation sites (N-methyl/N-ethyl adjacent to an activating group) is 1. The zero-order valence-corrected chi connectivity index (χ0v) is 25.5. The summed E-state index contributed by atoms with van der Waals surface area (Å²) in [7, 11) is 1.82. The van der Waals surface area contributed by atoms with E-state index in [-0.39, 0.29) is 17.7 Å². The highest BCUT2D eigenvalue weighted by Gasteiger charge is 2.34. The second-order valence-electron chi connectivity index (χ2n) is 11.5. The number of nitrogen functional groups attached to an aromatic ring is 1. The van der Waals surface area contributed by atoms with E-state index in [0.29, 0.717) is 24.4 Å². The number of nitrogens with one attached hydrogen (secondary N) is 3. The van der Waals surface area contributed by atoms with Gasteiger partial charge in [-0.25, -0.2) is 9.11 Å². The Hall–Kier alpha value is -3.37. The Labute approximate surface area is 258 Å². The van der Waals surface area contributed by atoms with Gasteiger partial charge in [0.05, 0.1) is 6.04 Å². The number of hydrogen-bond acceptors (Lipinski definition) is 7. The molecule has 43 heavy (non-hydrogen) atoms. The molecule has 3 aromatic carbocycles. The standard InChI is InChI=1S/C34H42FN5O2S/c1-38-31(22-41)12-3-6-25-14-16-40(17-15-25)23-34(24-42,21-26-7-2-10-29(18-26)33(36)37)39-43-32-13-5-9-28(20-32)27-8-4-11-30(35)19-27/h2,4-5,7-11,13,18-20,22,24-25,31,38-39H,3,6,12,14-17,21,23H2,1H3,(H3,36,37). The molecule has 1 saturated heterocycles. The first kappa shape index (κ1) is 32.5. The van der Waals surface area contributed by atoms with Crippen LogP contribution in [0.2, 0.25) is 0 Å². The molecule has 9 heteroatoms. The Morgan fingerprint density at radius 1 is 1.09 bits per heavy atom. The average molecular weight is 604 g/mol. The number of carbonyl (C=O) groups is 2. The molecule has 4 rings (SSSR count). The number of likely N-dealkylation sites (tertiary alicyclic amines) is 1.